The van der Waals surface area contributed by atoms with Crippen molar-refractivity contribution in [3.05, 3.63) is 60.2 Å². The Hall–Kier alpha value is -2.38. The Morgan fingerprint density at radius 2 is 1.81 bits per heavy atom. The van der Waals surface area contributed by atoms with E-state index in [-0.39, 0.29) is 6.61 Å². The van der Waals surface area contributed by atoms with Crippen LogP contribution in [0.25, 0.3) is 5.69 Å². The number of aliphatic hydroxyl groups is 1. The number of para-hydroxylation sites is 2. The van der Waals surface area contributed by atoms with E-state index < -0.39 is 6.10 Å². The highest BCUT2D eigenvalue weighted by molar-refractivity contribution is 7.99. The summed E-state index contributed by atoms with van der Waals surface area (Å²) in [6.45, 7) is 4.47. The van der Waals surface area contributed by atoms with E-state index in [9.17, 15) is 5.11 Å². The first-order chi connectivity index (χ1) is 12.6. The van der Waals surface area contributed by atoms with Gasteiger partial charge in [0.25, 0.3) is 0 Å². The maximum atomic E-state index is 10.3. The number of thioether (sulfide) groups is 1. The van der Waals surface area contributed by atoms with Crippen molar-refractivity contribution in [1.29, 1.82) is 0 Å². The number of aliphatic hydroxyl groups excluding tert-OH is 1. The fourth-order valence-corrected chi connectivity index (χ4v) is 3.29. The molecule has 0 amide bonds. The van der Waals surface area contributed by atoms with E-state index in [1.165, 1.54) is 11.8 Å². The van der Waals surface area contributed by atoms with E-state index in [1.54, 1.807) is 4.68 Å². The van der Waals surface area contributed by atoms with Gasteiger partial charge in [0.2, 0.25) is 5.16 Å². The Kier molecular flexibility index (Phi) is 6.25. The molecule has 0 radical (unpaired) electrons. The first-order valence-electron chi connectivity index (χ1n) is 8.51. The summed E-state index contributed by atoms with van der Waals surface area (Å²) in [7, 11) is 0. The van der Waals surface area contributed by atoms with Crippen molar-refractivity contribution < 1.29 is 9.84 Å². The zero-order valence-electron chi connectivity index (χ0n) is 14.8. The molecule has 1 atom stereocenters. The molecule has 0 aliphatic rings. The molecular formula is C19H22N4O2S. The number of nitrogens with zero attached hydrogens (tertiary/aromatic N) is 4. The first kappa shape index (κ1) is 18.4. The van der Waals surface area contributed by atoms with Gasteiger partial charge in [-0.15, -0.1) is 5.10 Å². The third-order valence-corrected chi connectivity index (χ3v) is 4.88. The van der Waals surface area contributed by atoms with Gasteiger partial charge < -0.3 is 9.84 Å². The maximum absolute atomic E-state index is 10.3. The Bertz CT molecular complexity index is 823. The van der Waals surface area contributed by atoms with E-state index in [4.69, 9.17) is 4.74 Å². The lowest BCUT2D eigenvalue weighted by atomic mass is 10.0. The fraction of sp³-hybridized carbons (Fsp3) is 0.316. The van der Waals surface area contributed by atoms with Crippen molar-refractivity contribution in [2.45, 2.75) is 31.0 Å². The number of rotatable bonds is 8. The monoisotopic (exact) mass is 370 g/mol. The van der Waals surface area contributed by atoms with Crippen molar-refractivity contribution in [3.8, 4) is 11.4 Å². The van der Waals surface area contributed by atoms with E-state index in [2.05, 4.69) is 35.4 Å². The van der Waals surface area contributed by atoms with Crippen LogP contribution in [0.4, 0.5) is 0 Å². The summed E-state index contributed by atoms with van der Waals surface area (Å²) in [6, 6.07) is 17.6. The number of ether oxygens (including phenoxy) is 1. The average Bonchev–Trinajstić information content (AvgIpc) is 3.14. The highest BCUT2D eigenvalue weighted by Gasteiger charge is 2.14. The van der Waals surface area contributed by atoms with Gasteiger partial charge in [0, 0.05) is 5.75 Å². The van der Waals surface area contributed by atoms with Crippen LogP contribution in [0.15, 0.2) is 59.8 Å². The van der Waals surface area contributed by atoms with Gasteiger partial charge in [-0.25, -0.2) is 0 Å². The second kappa shape index (κ2) is 8.82. The zero-order valence-corrected chi connectivity index (χ0v) is 15.6. The Balaban J connectivity index is 1.56. The van der Waals surface area contributed by atoms with Crippen LogP contribution in [0, 0.1) is 0 Å². The lowest BCUT2D eigenvalue weighted by Crippen LogP contribution is -2.21. The van der Waals surface area contributed by atoms with Crippen LogP contribution in [-0.2, 0) is 0 Å². The molecule has 0 aliphatic carbocycles. The second-order valence-corrected chi connectivity index (χ2v) is 7.16. The number of aromatic nitrogens is 4. The normalized spacial score (nSPS) is 12.3. The summed E-state index contributed by atoms with van der Waals surface area (Å²) in [5.41, 5.74) is 2.02. The van der Waals surface area contributed by atoms with Crippen molar-refractivity contribution in [2.75, 3.05) is 12.4 Å². The molecule has 1 aromatic heterocycles. The van der Waals surface area contributed by atoms with Crippen molar-refractivity contribution in [1.82, 2.24) is 20.2 Å². The van der Waals surface area contributed by atoms with Crippen molar-refractivity contribution >= 4 is 11.8 Å². The average molecular weight is 370 g/mol. The molecule has 0 fully saturated rings. The van der Waals surface area contributed by atoms with Crippen LogP contribution >= 0.6 is 11.8 Å². The lowest BCUT2D eigenvalue weighted by Gasteiger charge is -2.16. The minimum absolute atomic E-state index is 0.226. The summed E-state index contributed by atoms with van der Waals surface area (Å²) in [6.07, 6.45) is -0.624. The number of tetrazole rings is 1. The third kappa shape index (κ3) is 4.62. The highest BCUT2D eigenvalue weighted by atomic mass is 32.2. The van der Waals surface area contributed by atoms with E-state index in [0.29, 0.717) is 16.8 Å². The van der Waals surface area contributed by atoms with Gasteiger partial charge in [0.15, 0.2) is 0 Å². The summed E-state index contributed by atoms with van der Waals surface area (Å²) < 4.78 is 7.48. The Labute approximate surface area is 157 Å². The minimum Gasteiger partial charge on any atom is -0.491 e. The zero-order chi connectivity index (χ0) is 18.4. The SMILES string of the molecule is CC(C)c1ccccc1OC[C@@H](O)CSc1nnnn1-c1ccccc1. The quantitative estimate of drug-likeness (QED) is 0.613. The molecule has 1 N–H and O–H groups in total. The molecule has 26 heavy (non-hydrogen) atoms. The Morgan fingerprint density at radius 1 is 1.08 bits per heavy atom. The topological polar surface area (TPSA) is 73.1 Å². The number of hydrogen-bond donors (Lipinski definition) is 1. The molecule has 0 bridgehead atoms. The van der Waals surface area contributed by atoms with Gasteiger partial charge in [-0.2, -0.15) is 4.68 Å². The molecule has 0 aliphatic heterocycles. The summed E-state index contributed by atoms with van der Waals surface area (Å²) >= 11 is 1.40. The molecule has 3 rings (SSSR count). The lowest BCUT2D eigenvalue weighted by molar-refractivity contribution is 0.125. The number of benzene rings is 2. The molecule has 0 saturated heterocycles. The van der Waals surface area contributed by atoms with Crippen molar-refractivity contribution in [2.24, 2.45) is 0 Å². The van der Waals surface area contributed by atoms with Gasteiger partial charge >= 0.3 is 0 Å². The van der Waals surface area contributed by atoms with E-state index in [0.717, 1.165) is 17.0 Å². The molecular weight excluding hydrogens is 348 g/mol. The predicted octanol–water partition coefficient (Wildman–Crippen LogP) is 3.32. The summed E-state index contributed by atoms with van der Waals surface area (Å²) in [5, 5.41) is 22.7. The van der Waals surface area contributed by atoms with Crippen LogP contribution < -0.4 is 4.74 Å². The smallest absolute Gasteiger partial charge is 0.214 e. The summed E-state index contributed by atoms with van der Waals surface area (Å²) in [4.78, 5) is 0. The molecule has 3 aromatic rings. The van der Waals surface area contributed by atoms with Gasteiger partial charge in [-0.05, 0) is 40.1 Å². The molecule has 1 heterocycles. The van der Waals surface area contributed by atoms with Crippen LogP contribution in [0.2, 0.25) is 0 Å². The molecule has 0 spiro atoms. The largest absolute Gasteiger partial charge is 0.491 e. The third-order valence-electron chi connectivity index (χ3n) is 3.82. The second-order valence-electron chi connectivity index (χ2n) is 6.18. The van der Waals surface area contributed by atoms with Crippen molar-refractivity contribution in [3.63, 3.8) is 0 Å². The van der Waals surface area contributed by atoms with Gasteiger partial charge in [-0.1, -0.05) is 62.0 Å². The van der Waals surface area contributed by atoms with Crippen LogP contribution in [0.5, 0.6) is 5.75 Å². The van der Waals surface area contributed by atoms with Gasteiger partial charge in [0.05, 0.1) is 11.8 Å². The Morgan fingerprint density at radius 3 is 2.58 bits per heavy atom. The first-order valence-corrected chi connectivity index (χ1v) is 9.50. The molecule has 0 unspecified atom stereocenters. The predicted molar refractivity (Wildman–Crippen MR) is 102 cm³/mol. The van der Waals surface area contributed by atoms with Crippen LogP contribution in [-0.4, -0.2) is 43.8 Å². The molecule has 7 heteroatoms. The van der Waals surface area contributed by atoms with E-state index >= 15 is 0 Å². The van der Waals surface area contributed by atoms with E-state index in [1.807, 2.05) is 48.5 Å². The fourth-order valence-electron chi connectivity index (χ4n) is 2.49. The van der Waals surface area contributed by atoms with Gasteiger partial charge in [-0.3, -0.25) is 0 Å². The van der Waals surface area contributed by atoms with Crippen LogP contribution in [0.3, 0.4) is 0 Å². The highest BCUT2D eigenvalue weighted by Crippen LogP contribution is 2.26. The molecule has 6 nitrogen and oxygen atoms in total. The summed E-state index contributed by atoms with van der Waals surface area (Å²) in [5.74, 6) is 1.63. The molecule has 2 aromatic carbocycles. The number of hydrogen-bond acceptors (Lipinski definition) is 6. The standard InChI is InChI=1S/C19H22N4O2S/c1-14(2)17-10-6-7-11-18(17)25-12-16(24)13-26-19-20-21-22-23(19)15-8-4-3-5-9-15/h3-11,14,16,24H,12-13H2,1-2H3/t16-/m1/s1. The van der Waals surface area contributed by atoms with Crippen LogP contribution in [0.1, 0.15) is 25.3 Å². The molecule has 136 valence electrons. The maximum Gasteiger partial charge on any atom is 0.214 e. The molecule has 0 saturated carbocycles. The minimum atomic E-state index is -0.624. The van der Waals surface area contributed by atoms with Gasteiger partial charge in [0.1, 0.15) is 12.4 Å².